The second-order valence-corrected chi connectivity index (χ2v) is 10.9. The first-order valence-corrected chi connectivity index (χ1v) is 13.1. The van der Waals surface area contributed by atoms with Crippen LogP contribution in [-0.4, -0.2) is 54.3 Å². The summed E-state index contributed by atoms with van der Waals surface area (Å²) in [6, 6.07) is 15.1. The van der Waals surface area contributed by atoms with Crippen LogP contribution in [0.2, 0.25) is 5.02 Å². The highest BCUT2D eigenvalue weighted by Crippen LogP contribution is 2.31. The zero-order valence-electron chi connectivity index (χ0n) is 21.3. The van der Waals surface area contributed by atoms with Crippen molar-refractivity contribution >= 4 is 35.0 Å². The van der Waals surface area contributed by atoms with Gasteiger partial charge in [0, 0.05) is 43.9 Å². The molecule has 194 valence electrons. The fourth-order valence-electron chi connectivity index (χ4n) is 4.69. The molecular weight excluding hydrogens is 478 g/mol. The first-order chi connectivity index (χ1) is 17.2. The lowest BCUT2D eigenvalue weighted by Crippen LogP contribution is -2.51. The van der Waals surface area contributed by atoms with Crippen LogP contribution in [-0.2, 0) is 9.53 Å². The Morgan fingerprint density at radius 3 is 2.36 bits per heavy atom. The van der Waals surface area contributed by atoms with Crippen molar-refractivity contribution in [3.8, 4) is 5.75 Å². The summed E-state index contributed by atoms with van der Waals surface area (Å²) in [6.45, 7) is 7.82. The maximum absolute atomic E-state index is 13.1. The summed E-state index contributed by atoms with van der Waals surface area (Å²) in [5.41, 5.74) is 1.19. The molecular formula is C28H36ClN3O4. The minimum Gasteiger partial charge on any atom is -0.489 e. The van der Waals surface area contributed by atoms with Gasteiger partial charge in [-0.2, -0.15) is 0 Å². The van der Waals surface area contributed by atoms with E-state index in [0.717, 1.165) is 38.8 Å². The van der Waals surface area contributed by atoms with Crippen LogP contribution < -0.4 is 15.0 Å². The molecule has 1 N–H and O–H groups in total. The molecule has 2 aromatic carbocycles. The Morgan fingerprint density at radius 1 is 0.972 bits per heavy atom. The second-order valence-electron chi connectivity index (χ2n) is 10.5. The summed E-state index contributed by atoms with van der Waals surface area (Å²) in [4.78, 5) is 29.6. The van der Waals surface area contributed by atoms with Crippen LogP contribution in [0.1, 0.15) is 52.9 Å². The van der Waals surface area contributed by atoms with Crippen LogP contribution in [0, 0.1) is 0 Å². The molecule has 2 heterocycles. The molecule has 1 atom stereocenters. The van der Waals surface area contributed by atoms with Gasteiger partial charge in [-0.1, -0.05) is 29.8 Å². The van der Waals surface area contributed by atoms with Crippen LogP contribution in [0.5, 0.6) is 5.75 Å². The van der Waals surface area contributed by atoms with Crippen LogP contribution in [0.3, 0.4) is 0 Å². The number of benzene rings is 2. The molecule has 2 saturated heterocycles. The van der Waals surface area contributed by atoms with Gasteiger partial charge in [-0.25, -0.2) is 4.79 Å². The van der Waals surface area contributed by atoms with Gasteiger partial charge in [0.1, 0.15) is 23.5 Å². The maximum atomic E-state index is 13.1. The molecule has 2 aliphatic heterocycles. The first kappa shape index (κ1) is 26.1. The van der Waals surface area contributed by atoms with Gasteiger partial charge in [0.05, 0.1) is 5.02 Å². The Morgan fingerprint density at radius 2 is 1.69 bits per heavy atom. The molecule has 0 radical (unpaired) electrons. The number of hydrogen-bond donors (Lipinski definition) is 1. The van der Waals surface area contributed by atoms with E-state index in [1.165, 1.54) is 10.6 Å². The summed E-state index contributed by atoms with van der Waals surface area (Å²) in [6.07, 6.45) is 3.79. The molecule has 2 aromatic rings. The summed E-state index contributed by atoms with van der Waals surface area (Å²) in [7, 11) is 0. The number of para-hydroxylation sites is 1. The van der Waals surface area contributed by atoms with Crippen LogP contribution in [0.4, 0.5) is 16.2 Å². The molecule has 0 spiro atoms. The monoisotopic (exact) mass is 513 g/mol. The van der Waals surface area contributed by atoms with Gasteiger partial charge in [0.25, 0.3) is 0 Å². The molecule has 0 bridgehead atoms. The lowest BCUT2D eigenvalue weighted by Gasteiger charge is -2.35. The van der Waals surface area contributed by atoms with E-state index >= 15 is 0 Å². The normalized spacial score (nSPS) is 19.1. The molecule has 36 heavy (non-hydrogen) atoms. The van der Waals surface area contributed by atoms with Crippen molar-refractivity contribution < 1.29 is 19.1 Å². The van der Waals surface area contributed by atoms with Crippen LogP contribution in [0.25, 0.3) is 0 Å². The standard InChI is InChI=1S/C28H36ClN3O4/c1-28(2,3)36-27(34)32-16-8-7-11-24(32)26(33)30-20-12-13-25(23(29)19-20)35-22-14-17-31(18-15-22)21-9-5-4-6-10-21/h4-6,9-10,12-13,19,22,24H,7-8,11,14-18H2,1-3H3,(H,30,33)/t24-/m1/s1. The molecule has 7 nitrogen and oxygen atoms in total. The summed E-state index contributed by atoms with van der Waals surface area (Å²) >= 11 is 6.52. The number of anilines is 2. The number of piperidine rings is 2. The van der Waals surface area contributed by atoms with E-state index in [4.69, 9.17) is 21.1 Å². The zero-order valence-corrected chi connectivity index (χ0v) is 22.1. The Balaban J connectivity index is 1.33. The van der Waals surface area contributed by atoms with Gasteiger partial charge < -0.3 is 19.7 Å². The summed E-state index contributed by atoms with van der Waals surface area (Å²) in [5.74, 6) is 0.374. The maximum Gasteiger partial charge on any atom is 0.410 e. The number of carbonyl (C=O) groups excluding carboxylic acids is 2. The molecule has 0 unspecified atom stereocenters. The number of hydrogen-bond acceptors (Lipinski definition) is 5. The Bertz CT molecular complexity index is 1050. The summed E-state index contributed by atoms with van der Waals surface area (Å²) in [5, 5.41) is 3.37. The van der Waals surface area contributed by atoms with Crippen molar-refractivity contribution in [3.05, 3.63) is 53.6 Å². The van der Waals surface area contributed by atoms with E-state index in [1.807, 2.05) is 26.8 Å². The Hall–Kier alpha value is -2.93. The average Bonchev–Trinajstić information content (AvgIpc) is 2.85. The van der Waals surface area contributed by atoms with Crippen molar-refractivity contribution in [2.45, 2.75) is 70.6 Å². The molecule has 8 heteroatoms. The third-order valence-corrected chi connectivity index (χ3v) is 6.79. The van der Waals surface area contributed by atoms with E-state index in [9.17, 15) is 9.59 Å². The van der Waals surface area contributed by atoms with Gasteiger partial charge in [-0.05, 0) is 70.4 Å². The molecule has 0 aliphatic carbocycles. The van der Waals surface area contributed by atoms with Crippen LogP contribution >= 0.6 is 11.6 Å². The van der Waals surface area contributed by atoms with E-state index in [1.54, 1.807) is 18.2 Å². The Labute approximate surface area is 218 Å². The van der Waals surface area contributed by atoms with Crippen molar-refractivity contribution in [1.82, 2.24) is 4.90 Å². The quantitative estimate of drug-likeness (QED) is 0.521. The number of ether oxygens (including phenoxy) is 2. The number of rotatable bonds is 5. The molecule has 2 amide bonds. The highest BCUT2D eigenvalue weighted by Gasteiger charge is 2.35. The molecule has 2 fully saturated rings. The van der Waals surface area contributed by atoms with Gasteiger partial charge in [0.2, 0.25) is 5.91 Å². The van der Waals surface area contributed by atoms with Gasteiger partial charge >= 0.3 is 6.09 Å². The number of carbonyl (C=O) groups is 2. The predicted molar refractivity (Wildman–Crippen MR) is 143 cm³/mol. The molecule has 4 rings (SSSR count). The second kappa shape index (κ2) is 11.4. The molecule has 2 aliphatic rings. The topological polar surface area (TPSA) is 71.1 Å². The smallest absolute Gasteiger partial charge is 0.410 e. The lowest BCUT2D eigenvalue weighted by molar-refractivity contribution is -0.122. The van der Waals surface area contributed by atoms with E-state index < -0.39 is 17.7 Å². The number of nitrogens with zero attached hydrogens (tertiary/aromatic N) is 2. The van der Waals surface area contributed by atoms with Crippen molar-refractivity contribution in [2.24, 2.45) is 0 Å². The Kier molecular flexibility index (Phi) is 8.29. The fourth-order valence-corrected chi connectivity index (χ4v) is 4.92. The van der Waals surface area contributed by atoms with E-state index in [-0.39, 0.29) is 12.0 Å². The number of likely N-dealkylation sites (tertiary alicyclic amines) is 1. The van der Waals surface area contributed by atoms with Gasteiger partial charge in [-0.3, -0.25) is 9.69 Å². The summed E-state index contributed by atoms with van der Waals surface area (Å²) < 4.78 is 11.7. The molecule has 0 aromatic heterocycles. The van der Waals surface area contributed by atoms with E-state index in [2.05, 4.69) is 34.5 Å². The number of nitrogens with one attached hydrogen (secondary N) is 1. The third kappa shape index (κ3) is 6.84. The van der Waals surface area contributed by atoms with Crippen molar-refractivity contribution in [1.29, 1.82) is 0 Å². The number of halogens is 1. The van der Waals surface area contributed by atoms with Crippen molar-refractivity contribution in [2.75, 3.05) is 29.9 Å². The predicted octanol–water partition coefficient (Wildman–Crippen LogP) is 6.12. The lowest BCUT2D eigenvalue weighted by atomic mass is 10.0. The van der Waals surface area contributed by atoms with Gasteiger partial charge in [0.15, 0.2) is 0 Å². The average molecular weight is 514 g/mol. The largest absolute Gasteiger partial charge is 0.489 e. The SMILES string of the molecule is CC(C)(C)OC(=O)N1CCCC[C@@H]1C(=O)Nc1ccc(OC2CCN(c3ccccc3)CC2)c(Cl)c1. The minimum atomic E-state index is -0.614. The highest BCUT2D eigenvalue weighted by molar-refractivity contribution is 6.32. The third-order valence-electron chi connectivity index (χ3n) is 6.49. The van der Waals surface area contributed by atoms with Crippen LogP contribution in [0.15, 0.2) is 48.5 Å². The minimum absolute atomic E-state index is 0.0903. The number of amides is 2. The fraction of sp³-hybridized carbons (Fsp3) is 0.500. The first-order valence-electron chi connectivity index (χ1n) is 12.8. The zero-order chi connectivity index (χ0) is 25.7. The highest BCUT2D eigenvalue weighted by atomic mass is 35.5. The molecule has 0 saturated carbocycles. The van der Waals surface area contributed by atoms with Gasteiger partial charge in [-0.15, -0.1) is 0 Å². The van der Waals surface area contributed by atoms with Crippen molar-refractivity contribution in [3.63, 3.8) is 0 Å². The van der Waals surface area contributed by atoms with E-state index in [0.29, 0.717) is 29.4 Å².